The molecule has 0 radical (unpaired) electrons. The fourth-order valence-corrected chi connectivity index (χ4v) is 4.39. The van der Waals surface area contributed by atoms with Crippen LogP contribution in [-0.4, -0.2) is 36.0 Å². The molecule has 1 saturated heterocycles. The van der Waals surface area contributed by atoms with Crippen LogP contribution in [0.3, 0.4) is 0 Å². The molecule has 1 saturated carbocycles. The summed E-state index contributed by atoms with van der Waals surface area (Å²) in [5.74, 6) is 0.102. The number of rotatable bonds is 4. The smallest absolute Gasteiger partial charge is 0.331 e. The molecule has 3 rings (SSSR count). The molecular formula is C20H24BrNO3. The minimum atomic E-state index is -0.481. The summed E-state index contributed by atoms with van der Waals surface area (Å²) >= 11 is 3.39. The average molecular weight is 406 g/mol. The normalized spacial score (nSPS) is 23.3. The van der Waals surface area contributed by atoms with Crippen molar-refractivity contribution in [1.29, 1.82) is 0 Å². The Labute approximate surface area is 157 Å². The molecule has 134 valence electrons. The molecule has 1 heterocycles. The number of piperidine rings is 1. The molecule has 1 amide bonds. The van der Waals surface area contributed by atoms with Crippen molar-refractivity contribution >= 4 is 33.9 Å². The number of likely N-dealkylation sites (tertiary alicyclic amines) is 1. The minimum absolute atomic E-state index is 0.0548. The largest absolute Gasteiger partial charge is 0.452 e. The van der Waals surface area contributed by atoms with Crippen LogP contribution in [0.5, 0.6) is 0 Å². The van der Waals surface area contributed by atoms with Crippen LogP contribution in [0.2, 0.25) is 0 Å². The topological polar surface area (TPSA) is 46.6 Å². The van der Waals surface area contributed by atoms with E-state index < -0.39 is 5.97 Å². The average Bonchev–Trinajstić information content (AvgIpc) is 2.64. The molecule has 1 aromatic rings. The van der Waals surface area contributed by atoms with Crippen molar-refractivity contribution in [1.82, 2.24) is 4.90 Å². The number of hydrogen-bond acceptors (Lipinski definition) is 3. The minimum Gasteiger partial charge on any atom is -0.452 e. The van der Waals surface area contributed by atoms with E-state index >= 15 is 0 Å². The van der Waals surface area contributed by atoms with Gasteiger partial charge in [0.15, 0.2) is 6.61 Å². The Morgan fingerprint density at radius 3 is 2.84 bits per heavy atom. The SMILES string of the molecule is O=C(/C=C/c1cccc(Br)c1)OCC(=O)N1CCC[C@H]2CCCC[C@H]21. The summed E-state index contributed by atoms with van der Waals surface area (Å²) in [5.41, 5.74) is 0.902. The molecule has 0 aromatic heterocycles. The summed E-state index contributed by atoms with van der Waals surface area (Å²) in [6, 6.07) is 7.98. The van der Waals surface area contributed by atoms with Crippen molar-refractivity contribution in [3.05, 3.63) is 40.4 Å². The molecule has 25 heavy (non-hydrogen) atoms. The lowest BCUT2D eigenvalue weighted by Crippen LogP contribution is -2.50. The van der Waals surface area contributed by atoms with Gasteiger partial charge in [-0.3, -0.25) is 4.79 Å². The fraction of sp³-hybridized carbons (Fsp3) is 0.500. The van der Waals surface area contributed by atoms with Gasteiger partial charge in [0, 0.05) is 23.1 Å². The first kappa shape index (κ1) is 18.2. The zero-order chi connectivity index (χ0) is 17.6. The Hall–Kier alpha value is -1.62. The van der Waals surface area contributed by atoms with Gasteiger partial charge < -0.3 is 9.64 Å². The molecule has 2 fully saturated rings. The fourth-order valence-electron chi connectivity index (χ4n) is 3.97. The lowest BCUT2D eigenvalue weighted by molar-refractivity contribution is -0.151. The van der Waals surface area contributed by atoms with E-state index in [0.29, 0.717) is 12.0 Å². The quantitative estimate of drug-likeness (QED) is 0.557. The Bertz CT molecular complexity index is 656. The maximum atomic E-state index is 12.5. The van der Waals surface area contributed by atoms with Gasteiger partial charge in [-0.25, -0.2) is 4.79 Å². The van der Waals surface area contributed by atoms with E-state index in [1.54, 1.807) is 6.08 Å². The molecule has 1 aliphatic carbocycles. The maximum absolute atomic E-state index is 12.5. The van der Waals surface area contributed by atoms with Crippen LogP contribution >= 0.6 is 15.9 Å². The summed E-state index contributed by atoms with van der Waals surface area (Å²) in [7, 11) is 0. The molecule has 2 atom stereocenters. The molecule has 5 heteroatoms. The lowest BCUT2D eigenvalue weighted by atomic mass is 9.78. The molecule has 4 nitrogen and oxygen atoms in total. The Morgan fingerprint density at radius 1 is 1.20 bits per heavy atom. The predicted octanol–water partition coefficient (Wildman–Crippen LogP) is 4.19. The molecule has 1 aliphatic heterocycles. The van der Waals surface area contributed by atoms with Crippen LogP contribution in [0, 0.1) is 5.92 Å². The molecule has 0 N–H and O–H groups in total. The van der Waals surface area contributed by atoms with Gasteiger partial charge in [0.05, 0.1) is 0 Å². The third-order valence-corrected chi connectivity index (χ3v) is 5.66. The molecule has 0 spiro atoms. The van der Waals surface area contributed by atoms with Crippen molar-refractivity contribution in [2.24, 2.45) is 5.92 Å². The summed E-state index contributed by atoms with van der Waals surface area (Å²) in [6.07, 6.45) is 10.1. The summed E-state index contributed by atoms with van der Waals surface area (Å²) in [4.78, 5) is 26.3. The number of amides is 1. The van der Waals surface area contributed by atoms with Gasteiger partial charge in [-0.15, -0.1) is 0 Å². The third-order valence-electron chi connectivity index (χ3n) is 5.16. The van der Waals surface area contributed by atoms with E-state index in [-0.39, 0.29) is 12.5 Å². The number of carbonyl (C=O) groups excluding carboxylic acids is 2. The number of hydrogen-bond donors (Lipinski definition) is 0. The van der Waals surface area contributed by atoms with E-state index in [9.17, 15) is 9.59 Å². The number of esters is 1. The van der Waals surface area contributed by atoms with Crippen LogP contribution < -0.4 is 0 Å². The van der Waals surface area contributed by atoms with Crippen molar-refractivity contribution in [2.75, 3.05) is 13.2 Å². The van der Waals surface area contributed by atoms with Crippen molar-refractivity contribution in [2.45, 2.75) is 44.6 Å². The van der Waals surface area contributed by atoms with Gasteiger partial charge in [-0.2, -0.15) is 0 Å². The highest BCUT2D eigenvalue weighted by Gasteiger charge is 2.35. The van der Waals surface area contributed by atoms with E-state index in [1.807, 2.05) is 29.2 Å². The standard InChI is InChI=1S/C20H24BrNO3/c21-17-8-3-5-15(13-17)10-11-20(24)25-14-19(23)22-12-4-7-16-6-1-2-9-18(16)22/h3,5,8,10-11,13,16,18H,1-2,4,6-7,9,12,14H2/b11-10+/t16-,18-/m1/s1. The van der Waals surface area contributed by atoms with Crippen molar-refractivity contribution < 1.29 is 14.3 Å². The second kappa shape index (κ2) is 8.65. The van der Waals surface area contributed by atoms with Gasteiger partial charge >= 0.3 is 5.97 Å². The predicted molar refractivity (Wildman–Crippen MR) is 101 cm³/mol. The van der Waals surface area contributed by atoms with Crippen LogP contribution in [-0.2, 0) is 14.3 Å². The van der Waals surface area contributed by atoms with Crippen LogP contribution in [0.4, 0.5) is 0 Å². The van der Waals surface area contributed by atoms with Crippen LogP contribution in [0.1, 0.15) is 44.1 Å². The maximum Gasteiger partial charge on any atom is 0.331 e. The number of ether oxygens (including phenoxy) is 1. The van der Waals surface area contributed by atoms with Gasteiger partial charge in [0.1, 0.15) is 0 Å². The van der Waals surface area contributed by atoms with Gasteiger partial charge in [-0.1, -0.05) is 40.9 Å². The van der Waals surface area contributed by atoms with Crippen LogP contribution in [0.15, 0.2) is 34.8 Å². The Kier molecular flexibility index (Phi) is 6.29. The summed E-state index contributed by atoms with van der Waals surface area (Å²) < 4.78 is 6.11. The first-order valence-electron chi connectivity index (χ1n) is 9.03. The Balaban J connectivity index is 1.50. The summed E-state index contributed by atoms with van der Waals surface area (Å²) in [5, 5.41) is 0. The highest BCUT2D eigenvalue weighted by Crippen LogP contribution is 2.35. The van der Waals surface area contributed by atoms with Crippen molar-refractivity contribution in [3.63, 3.8) is 0 Å². The zero-order valence-corrected chi connectivity index (χ0v) is 15.9. The number of benzene rings is 1. The molecule has 0 unspecified atom stereocenters. The van der Waals surface area contributed by atoms with Crippen LogP contribution in [0.25, 0.3) is 6.08 Å². The second-order valence-electron chi connectivity index (χ2n) is 6.84. The number of fused-ring (bicyclic) bond motifs is 1. The summed E-state index contributed by atoms with van der Waals surface area (Å²) in [6.45, 7) is 0.635. The Morgan fingerprint density at radius 2 is 2.00 bits per heavy atom. The number of carbonyl (C=O) groups is 2. The van der Waals surface area contributed by atoms with E-state index in [1.165, 1.54) is 31.8 Å². The van der Waals surface area contributed by atoms with E-state index in [4.69, 9.17) is 4.74 Å². The van der Waals surface area contributed by atoms with E-state index in [2.05, 4.69) is 15.9 Å². The molecule has 2 aliphatic rings. The lowest BCUT2D eigenvalue weighted by Gasteiger charge is -2.44. The zero-order valence-electron chi connectivity index (χ0n) is 14.3. The van der Waals surface area contributed by atoms with Gasteiger partial charge in [0.25, 0.3) is 5.91 Å². The first-order valence-corrected chi connectivity index (χ1v) is 9.82. The third kappa shape index (κ3) is 4.94. The highest BCUT2D eigenvalue weighted by atomic mass is 79.9. The van der Waals surface area contributed by atoms with Crippen molar-refractivity contribution in [3.8, 4) is 0 Å². The monoisotopic (exact) mass is 405 g/mol. The van der Waals surface area contributed by atoms with Gasteiger partial charge in [-0.05, 0) is 55.4 Å². The second-order valence-corrected chi connectivity index (χ2v) is 7.75. The molecular weight excluding hydrogens is 382 g/mol. The number of nitrogens with zero attached hydrogens (tertiary/aromatic N) is 1. The highest BCUT2D eigenvalue weighted by molar-refractivity contribution is 9.10. The van der Waals surface area contributed by atoms with Gasteiger partial charge in [0.2, 0.25) is 0 Å². The molecule has 1 aromatic carbocycles. The molecule has 0 bridgehead atoms. The first-order chi connectivity index (χ1) is 12.1. The number of halogens is 1. The van der Waals surface area contributed by atoms with E-state index in [0.717, 1.165) is 29.4 Å².